The van der Waals surface area contributed by atoms with E-state index in [1.807, 2.05) is 39.0 Å². The Morgan fingerprint density at radius 2 is 2.13 bits per heavy atom. The van der Waals surface area contributed by atoms with Gasteiger partial charge in [0, 0.05) is 3.57 Å². The molecule has 0 aliphatic heterocycles. The molecular formula is C12H15IO2. The number of hydrogen-bond donors (Lipinski definition) is 0. The first-order chi connectivity index (χ1) is 6.99. The number of esters is 1. The van der Waals surface area contributed by atoms with Crippen LogP contribution < -0.4 is 0 Å². The van der Waals surface area contributed by atoms with Crippen LogP contribution in [0.1, 0.15) is 25.0 Å². The third-order valence-corrected chi connectivity index (χ3v) is 2.96. The highest BCUT2D eigenvalue weighted by Gasteiger charge is 2.09. The lowest BCUT2D eigenvalue weighted by atomic mass is 10.1. The standard InChI is InChI=1S/C12H15IO2/c1-8(2)15-12(14)7-10-6-9(3)4-5-11(10)13/h4-6,8H,7H2,1-3H3. The minimum Gasteiger partial charge on any atom is -0.463 e. The Labute approximate surface area is 104 Å². The quantitative estimate of drug-likeness (QED) is 0.632. The Morgan fingerprint density at radius 3 is 2.73 bits per heavy atom. The number of aryl methyl sites for hydroxylation is 1. The van der Waals surface area contributed by atoms with Gasteiger partial charge in [-0.2, -0.15) is 0 Å². The maximum atomic E-state index is 11.5. The number of carbonyl (C=O) groups is 1. The van der Waals surface area contributed by atoms with Crippen molar-refractivity contribution in [3.05, 3.63) is 32.9 Å². The second-order valence-corrected chi connectivity index (χ2v) is 4.97. The van der Waals surface area contributed by atoms with Gasteiger partial charge in [-0.1, -0.05) is 17.7 Å². The predicted molar refractivity (Wildman–Crippen MR) is 68.8 cm³/mol. The Kier molecular flexibility index (Phi) is 4.57. The molecule has 0 radical (unpaired) electrons. The third-order valence-electron chi connectivity index (χ3n) is 1.90. The van der Waals surface area contributed by atoms with Gasteiger partial charge in [0.15, 0.2) is 0 Å². The fourth-order valence-electron chi connectivity index (χ4n) is 1.30. The van der Waals surface area contributed by atoms with Crippen molar-refractivity contribution < 1.29 is 9.53 Å². The molecule has 0 fully saturated rings. The van der Waals surface area contributed by atoms with Crippen LogP contribution in [0.2, 0.25) is 0 Å². The predicted octanol–water partition coefficient (Wildman–Crippen LogP) is 3.09. The molecule has 0 bridgehead atoms. The molecule has 0 aliphatic carbocycles. The lowest BCUT2D eigenvalue weighted by molar-refractivity contribution is -0.146. The molecule has 0 heterocycles. The molecule has 0 spiro atoms. The van der Waals surface area contributed by atoms with Crippen LogP contribution in [-0.2, 0) is 16.0 Å². The molecule has 0 unspecified atom stereocenters. The van der Waals surface area contributed by atoms with Gasteiger partial charge in [-0.25, -0.2) is 0 Å². The molecule has 2 nitrogen and oxygen atoms in total. The van der Waals surface area contributed by atoms with Crippen molar-refractivity contribution in [2.75, 3.05) is 0 Å². The Hall–Kier alpha value is -0.580. The number of hydrogen-bond acceptors (Lipinski definition) is 2. The summed E-state index contributed by atoms with van der Waals surface area (Å²) in [6.07, 6.45) is 0.318. The maximum Gasteiger partial charge on any atom is 0.310 e. The summed E-state index contributed by atoms with van der Waals surface area (Å²) in [5, 5.41) is 0. The summed E-state index contributed by atoms with van der Waals surface area (Å²) in [6.45, 7) is 5.74. The third kappa shape index (κ3) is 4.20. The smallest absolute Gasteiger partial charge is 0.310 e. The summed E-state index contributed by atoms with van der Waals surface area (Å²) in [5.41, 5.74) is 2.21. The van der Waals surface area contributed by atoms with Crippen LogP contribution in [-0.4, -0.2) is 12.1 Å². The lowest BCUT2D eigenvalue weighted by Gasteiger charge is -2.09. The first-order valence-corrected chi connectivity index (χ1v) is 6.01. The van der Waals surface area contributed by atoms with Crippen molar-refractivity contribution in [1.29, 1.82) is 0 Å². The van der Waals surface area contributed by atoms with Gasteiger partial charge in [-0.05, 0) is 55.0 Å². The van der Waals surface area contributed by atoms with Crippen LogP contribution >= 0.6 is 22.6 Å². The van der Waals surface area contributed by atoms with Crippen LogP contribution in [0.3, 0.4) is 0 Å². The minimum absolute atomic E-state index is 0.0417. The van der Waals surface area contributed by atoms with Crippen molar-refractivity contribution in [2.24, 2.45) is 0 Å². The first kappa shape index (κ1) is 12.5. The lowest BCUT2D eigenvalue weighted by Crippen LogP contribution is -2.14. The Balaban J connectivity index is 2.71. The summed E-state index contributed by atoms with van der Waals surface area (Å²) in [7, 11) is 0. The van der Waals surface area contributed by atoms with Crippen molar-refractivity contribution in [2.45, 2.75) is 33.3 Å². The molecule has 3 heteroatoms. The molecule has 0 aliphatic rings. The zero-order valence-corrected chi connectivity index (χ0v) is 11.4. The van der Waals surface area contributed by atoms with Crippen molar-refractivity contribution in [3.63, 3.8) is 0 Å². The minimum atomic E-state index is -0.159. The van der Waals surface area contributed by atoms with Gasteiger partial charge in [-0.15, -0.1) is 0 Å². The van der Waals surface area contributed by atoms with Crippen LogP contribution in [0.5, 0.6) is 0 Å². The molecular weight excluding hydrogens is 303 g/mol. The number of ether oxygens (including phenoxy) is 1. The van der Waals surface area contributed by atoms with Crippen molar-refractivity contribution in [1.82, 2.24) is 0 Å². The Morgan fingerprint density at radius 1 is 1.47 bits per heavy atom. The molecule has 0 aromatic heterocycles. The summed E-state index contributed by atoms with van der Waals surface area (Å²) in [6, 6.07) is 6.09. The monoisotopic (exact) mass is 318 g/mol. The van der Waals surface area contributed by atoms with E-state index >= 15 is 0 Å². The van der Waals surface area contributed by atoms with E-state index in [0.29, 0.717) is 6.42 Å². The molecule has 0 saturated heterocycles. The van der Waals surface area contributed by atoms with Crippen LogP contribution in [0.15, 0.2) is 18.2 Å². The highest BCUT2D eigenvalue weighted by molar-refractivity contribution is 14.1. The largest absolute Gasteiger partial charge is 0.463 e. The van der Waals surface area contributed by atoms with E-state index in [4.69, 9.17) is 4.74 Å². The summed E-state index contributed by atoms with van der Waals surface area (Å²) >= 11 is 2.24. The first-order valence-electron chi connectivity index (χ1n) is 4.93. The second-order valence-electron chi connectivity index (χ2n) is 3.81. The molecule has 0 atom stereocenters. The molecule has 82 valence electrons. The number of benzene rings is 1. The zero-order valence-electron chi connectivity index (χ0n) is 9.21. The molecule has 1 aromatic carbocycles. The van der Waals surface area contributed by atoms with E-state index in [1.165, 1.54) is 5.56 Å². The van der Waals surface area contributed by atoms with Gasteiger partial charge in [-0.3, -0.25) is 4.79 Å². The molecule has 1 rings (SSSR count). The van der Waals surface area contributed by atoms with Gasteiger partial charge in [0.25, 0.3) is 0 Å². The summed E-state index contributed by atoms with van der Waals surface area (Å²) < 4.78 is 6.22. The van der Waals surface area contributed by atoms with Gasteiger partial charge >= 0.3 is 5.97 Å². The van der Waals surface area contributed by atoms with E-state index in [0.717, 1.165) is 9.13 Å². The second kappa shape index (κ2) is 5.49. The van der Waals surface area contributed by atoms with E-state index in [9.17, 15) is 4.79 Å². The van der Waals surface area contributed by atoms with Gasteiger partial charge in [0.05, 0.1) is 12.5 Å². The fraction of sp³-hybridized carbons (Fsp3) is 0.417. The Bertz CT molecular complexity index is 359. The number of halogens is 1. The van der Waals surface area contributed by atoms with Crippen LogP contribution in [0.25, 0.3) is 0 Å². The average Bonchev–Trinajstić information content (AvgIpc) is 2.10. The van der Waals surface area contributed by atoms with E-state index in [1.54, 1.807) is 0 Å². The highest BCUT2D eigenvalue weighted by atomic mass is 127. The van der Waals surface area contributed by atoms with E-state index in [-0.39, 0.29) is 12.1 Å². The molecule has 1 aromatic rings. The van der Waals surface area contributed by atoms with E-state index < -0.39 is 0 Å². The highest BCUT2D eigenvalue weighted by Crippen LogP contribution is 2.15. The van der Waals surface area contributed by atoms with Gasteiger partial charge in [0.2, 0.25) is 0 Å². The maximum absolute atomic E-state index is 11.5. The molecule has 0 amide bonds. The topological polar surface area (TPSA) is 26.3 Å². The van der Waals surface area contributed by atoms with Crippen molar-refractivity contribution >= 4 is 28.6 Å². The van der Waals surface area contributed by atoms with E-state index in [2.05, 4.69) is 22.6 Å². The summed E-state index contributed by atoms with van der Waals surface area (Å²) in [5.74, 6) is -0.159. The molecule has 0 N–H and O–H groups in total. The van der Waals surface area contributed by atoms with Crippen LogP contribution in [0.4, 0.5) is 0 Å². The fourth-order valence-corrected chi connectivity index (χ4v) is 1.83. The van der Waals surface area contributed by atoms with Crippen molar-refractivity contribution in [3.8, 4) is 0 Å². The van der Waals surface area contributed by atoms with Gasteiger partial charge in [0.1, 0.15) is 0 Å². The van der Waals surface area contributed by atoms with Gasteiger partial charge < -0.3 is 4.74 Å². The number of carbonyl (C=O) groups excluding carboxylic acids is 1. The summed E-state index contributed by atoms with van der Waals surface area (Å²) in [4.78, 5) is 11.5. The normalized spacial score (nSPS) is 10.5. The zero-order chi connectivity index (χ0) is 11.4. The number of rotatable bonds is 3. The molecule has 0 saturated carbocycles. The van der Waals surface area contributed by atoms with Crippen LogP contribution in [0, 0.1) is 10.5 Å². The SMILES string of the molecule is Cc1ccc(I)c(CC(=O)OC(C)C)c1. The molecule has 15 heavy (non-hydrogen) atoms. The average molecular weight is 318 g/mol.